The number of carbonyl (C=O) groups excluding carboxylic acids is 3. The summed E-state index contributed by atoms with van der Waals surface area (Å²) in [6.07, 6.45) is 0.0880. The van der Waals surface area contributed by atoms with Gasteiger partial charge in [-0.25, -0.2) is 4.79 Å². The van der Waals surface area contributed by atoms with Crippen molar-refractivity contribution in [2.24, 2.45) is 5.73 Å². The Morgan fingerprint density at radius 1 is 0.919 bits per heavy atom. The van der Waals surface area contributed by atoms with Crippen LogP contribution in [0.25, 0.3) is 11.3 Å². The molecule has 190 valence electrons. The quantitative estimate of drug-likeness (QED) is 0.287. The van der Waals surface area contributed by atoms with Crippen LogP contribution in [0.2, 0.25) is 0 Å². The van der Waals surface area contributed by atoms with E-state index >= 15 is 0 Å². The number of benzene rings is 3. The molecular formula is C29H29N3O5. The zero-order chi connectivity index (χ0) is 26.4. The molecule has 0 radical (unpaired) electrons. The lowest BCUT2D eigenvalue weighted by atomic mass is 9.98. The summed E-state index contributed by atoms with van der Waals surface area (Å²) in [4.78, 5) is 37.1. The number of nitrogens with one attached hydrogen (secondary N) is 2. The molecule has 1 heterocycles. The maximum absolute atomic E-state index is 13.2. The maximum atomic E-state index is 13.2. The molecule has 3 aromatic rings. The standard InChI is InChI=1S/C29H29N3O5/c1-3-36-25(33)17-23(30)18-10-13-21(14-11-18)31-27(19-8-6-5-7-9-19)26-22-15-12-20(29(35)37-4-2)16-24(22)32-28(26)34/h5-16,23,31H,3-4,17,30H2,1-2H3,(H,32,34). The van der Waals surface area contributed by atoms with Crippen LogP contribution < -0.4 is 16.4 Å². The first-order chi connectivity index (χ1) is 17.9. The van der Waals surface area contributed by atoms with Gasteiger partial charge in [0.25, 0.3) is 5.91 Å². The summed E-state index contributed by atoms with van der Waals surface area (Å²) in [5.74, 6) is -1.07. The van der Waals surface area contributed by atoms with Gasteiger partial charge in [-0.05, 0) is 49.2 Å². The van der Waals surface area contributed by atoms with Crippen molar-refractivity contribution in [3.05, 3.63) is 95.1 Å². The third-order valence-corrected chi connectivity index (χ3v) is 5.89. The summed E-state index contributed by atoms with van der Waals surface area (Å²) in [6, 6.07) is 21.4. The third kappa shape index (κ3) is 5.87. The molecule has 8 nitrogen and oxygen atoms in total. The minimum Gasteiger partial charge on any atom is -0.466 e. The van der Waals surface area contributed by atoms with Crippen molar-refractivity contribution >= 4 is 40.5 Å². The van der Waals surface area contributed by atoms with Crippen LogP contribution in [0.1, 0.15) is 53.4 Å². The number of ether oxygens (including phenoxy) is 2. The Balaban J connectivity index is 1.68. The molecule has 0 aliphatic carbocycles. The van der Waals surface area contributed by atoms with Gasteiger partial charge in [-0.2, -0.15) is 0 Å². The summed E-state index contributed by atoms with van der Waals surface area (Å²) in [5.41, 5.74) is 11.2. The molecule has 0 saturated carbocycles. The average Bonchev–Trinajstić information content (AvgIpc) is 3.23. The minimum atomic E-state index is -0.485. The fourth-order valence-corrected chi connectivity index (χ4v) is 4.12. The van der Waals surface area contributed by atoms with Gasteiger partial charge in [-0.1, -0.05) is 48.5 Å². The van der Waals surface area contributed by atoms with Gasteiger partial charge in [0.15, 0.2) is 0 Å². The van der Waals surface area contributed by atoms with Gasteiger partial charge in [0.05, 0.1) is 42.2 Å². The Morgan fingerprint density at radius 2 is 1.62 bits per heavy atom. The Kier molecular flexibility index (Phi) is 8.00. The van der Waals surface area contributed by atoms with E-state index in [1.165, 1.54) is 0 Å². The molecule has 3 aromatic carbocycles. The zero-order valence-corrected chi connectivity index (χ0v) is 20.7. The van der Waals surface area contributed by atoms with Crippen molar-refractivity contribution in [1.82, 2.24) is 0 Å². The number of amides is 1. The number of carbonyl (C=O) groups is 3. The van der Waals surface area contributed by atoms with Crippen molar-refractivity contribution in [2.45, 2.75) is 26.3 Å². The number of hydrogen-bond donors (Lipinski definition) is 3. The summed E-state index contributed by atoms with van der Waals surface area (Å²) in [5, 5.41) is 6.26. The fourth-order valence-electron chi connectivity index (χ4n) is 4.12. The largest absolute Gasteiger partial charge is 0.466 e. The van der Waals surface area contributed by atoms with E-state index in [9.17, 15) is 14.4 Å². The lowest BCUT2D eigenvalue weighted by Gasteiger charge is -2.16. The van der Waals surface area contributed by atoms with Gasteiger partial charge in [0, 0.05) is 17.3 Å². The molecule has 37 heavy (non-hydrogen) atoms. The van der Waals surface area contributed by atoms with Crippen molar-refractivity contribution < 1.29 is 23.9 Å². The van der Waals surface area contributed by atoms with Crippen molar-refractivity contribution in [3.63, 3.8) is 0 Å². The molecule has 0 aromatic heterocycles. The van der Waals surface area contributed by atoms with E-state index in [2.05, 4.69) is 10.6 Å². The van der Waals surface area contributed by atoms with E-state index in [0.717, 1.165) is 16.8 Å². The van der Waals surface area contributed by atoms with Crippen molar-refractivity contribution in [3.8, 4) is 0 Å². The van der Waals surface area contributed by atoms with E-state index < -0.39 is 12.0 Å². The Morgan fingerprint density at radius 3 is 2.30 bits per heavy atom. The third-order valence-electron chi connectivity index (χ3n) is 5.89. The predicted octanol–water partition coefficient (Wildman–Crippen LogP) is 4.75. The highest BCUT2D eigenvalue weighted by Crippen LogP contribution is 2.38. The number of nitrogens with two attached hydrogens (primary N) is 1. The molecule has 0 saturated heterocycles. The van der Waals surface area contributed by atoms with Crippen LogP contribution in [-0.2, 0) is 19.1 Å². The highest BCUT2D eigenvalue weighted by Gasteiger charge is 2.29. The van der Waals surface area contributed by atoms with Gasteiger partial charge in [-0.3, -0.25) is 9.59 Å². The molecule has 8 heteroatoms. The highest BCUT2D eigenvalue weighted by atomic mass is 16.5. The van der Waals surface area contributed by atoms with E-state index in [1.807, 2.05) is 54.6 Å². The monoisotopic (exact) mass is 499 g/mol. The normalized spacial score (nSPS) is 14.3. The summed E-state index contributed by atoms with van der Waals surface area (Å²) in [6.45, 7) is 4.07. The molecule has 1 amide bonds. The second-order valence-corrected chi connectivity index (χ2v) is 8.41. The first kappa shape index (κ1) is 25.7. The van der Waals surface area contributed by atoms with Crippen molar-refractivity contribution in [2.75, 3.05) is 23.8 Å². The first-order valence-electron chi connectivity index (χ1n) is 12.1. The first-order valence-corrected chi connectivity index (χ1v) is 12.1. The molecule has 4 rings (SSSR count). The van der Waals surface area contributed by atoms with Gasteiger partial charge >= 0.3 is 11.9 Å². The van der Waals surface area contributed by atoms with Crippen LogP contribution in [0.5, 0.6) is 0 Å². The number of fused-ring (bicyclic) bond motifs is 1. The van der Waals surface area contributed by atoms with Gasteiger partial charge in [-0.15, -0.1) is 0 Å². The van der Waals surface area contributed by atoms with Crippen LogP contribution in [0.3, 0.4) is 0 Å². The maximum Gasteiger partial charge on any atom is 0.338 e. The Bertz CT molecular complexity index is 1330. The Labute approximate surface area is 215 Å². The van der Waals surface area contributed by atoms with Gasteiger partial charge in [0.1, 0.15) is 0 Å². The molecule has 0 bridgehead atoms. The van der Waals surface area contributed by atoms with E-state index in [1.54, 1.807) is 32.0 Å². The zero-order valence-electron chi connectivity index (χ0n) is 20.7. The second kappa shape index (κ2) is 11.5. The molecule has 0 fully saturated rings. The molecule has 0 spiro atoms. The number of anilines is 2. The highest BCUT2D eigenvalue weighted by molar-refractivity contribution is 6.37. The lowest BCUT2D eigenvalue weighted by molar-refractivity contribution is -0.143. The van der Waals surface area contributed by atoms with E-state index in [4.69, 9.17) is 15.2 Å². The van der Waals surface area contributed by atoms with Crippen LogP contribution in [-0.4, -0.2) is 31.1 Å². The lowest BCUT2D eigenvalue weighted by Crippen LogP contribution is -2.17. The van der Waals surface area contributed by atoms with Gasteiger partial charge in [0.2, 0.25) is 0 Å². The number of hydrogen-bond acceptors (Lipinski definition) is 7. The fraction of sp³-hybridized carbons (Fsp3) is 0.207. The predicted molar refractivity (Wildman–Crippen MR) is 143 cm³/mol. The SMILES string of the molecule is CCOC(=O)CC(N)c1ccc(NC(=C2C(=O)Nc3cc(C(=O)OCC)ccc32)c2ccccc2)cc1. The topological polar surface area (TPSA) is 120 Å². The van der Waals surface area contributed by atoms with Crippen LogP contribution in [0.15, 0.2) is 72.8 Å². The second-order valence-electron chi connectivity index (χ2n) is 8.41. The molecular weight excluding hydrogens is 470 g/mol. The summed E-state index contributed by atoms with van der Waals surface area (Å²) >= 11 is 0. The number of esters is 2. The minimum absolute atomic E-state index is 0.0880. The van der Waals surface area contributed by atoms with Gasteiger partial charge < -0.3 is 25.8 Å². The van der Waals surface area contributed by atoms with Crippen LogP contribution >= 0.6 is 0 Å². The van der Waals surface area contributed by atoms with Crippen molar-refractivity contribution in [1.29, 1.82) is 0 Å². The molecule has 1 aliphatic rings. The van der Waals surface area contributed by atoms with E-state index in [-0.39, 0.29) is 24.9 Å². The van der Waals surface area contributed by atoms with Crippen LogP contribution in [0, 0.1) is 0 Å². The van der Waals surface area contributed by atoms with Crippen LogP contribution in [0.4, 0.5) is 11.4 Å². The molecule has 1 aliphatic heterocycles. The number of rotatable bonds is 9. The van der Waals surface area contributed by atoms with E-state index in [0.29, 0.717) is 34.7 Å². The smallest absolute Gasteiger partial charge is 0.338 e. The molecule has 4 N–H and O–H groups in total. The molecule has 1 unspecified atom stereocenters. The Hall–Kier alpha value is -4.43. The summed E-state index contributed by atoms with van der Waals surface area (Å²) < 4.78 is 10.1. The average molecular weight is 500 g/mol. The molecule has 1 atom stereocenters. The summed E-state index contributed by atoms with van der Waals surface area (Å²) in [7, 11) is 0.